The number of sulfonamides is 1. The van der Waals surface area contributed by atoms with E-state index in [1.807, 2.05) is 10.8 Å². The van der Waals surface area contributed by atoms with Gasteiger partial charge < -0.3 is 19.5 Å². The van der Waals surface area contributed by atoms with Gasteiger partial charge in [-0.15, -0.1) is 5.92 Å². The van der Waals surface area contributed by atoms with Crippen LogP contribution in [0.25, 0.3) is 10.9 Å². The third kappa shape index (κ3) is 6.13. The number of nitrogens with zero attached hydrogens (tertiary/aromatic N) is 1. The molecule has 9 nitrogen and oxygen atoms in total. The number of ether oxygens (including phenoxy) is 1. The predicted molar refractivity (Wildman–Crippen MR) is 137 cm³/mol. The minimum Gasteiger partial charge on any atom is -0.481 e. The largest absolute Gasteiger partial charge is 0.481 e. The molecule has 0 amide bonds. The Kier molecular flexibility index (Phi) is 7.86. The molecule has 1 heterocycles. The molecule has 3 N–H and O–H groups in total. The third-order valence-corrected chi connectivity index (χ3v) is 8.02. The van der Waals surface area contributed by atoms with Gasteiger partial charge in [0.1, 0.15) is 18.4 Å². The van der Waals surface area contributed by atoms with Crippen molar-refractivity contribution in [3.8, 4) is 17.6 Å². The summed E-state index contributed by atoms with van der Waals surface area (Å²) in [7, 11) is -4.16. The number of nitrogens with one attached hydrogen (secondary N) is 1. The Labute approximate surface area is 215 Å². The van der Waals surface area contributed by atoms with E-state index in [0.29, 0.717) is 22.6 Å². The fourth-order valence-corrected chi connectivity index (χ4v) is 5.52. The molecule has 1 aliphatic carbocycles. The van der Waals surface area contributed by atoms with Gasteiger partial charge in [0.05, 0.1) is 10.5 Å². The summed E-state index contributed by atoms with van der Waals surface area (Å²) < 4.78 is 35.7. The lowest BCUT2D eigenvalue weighted by Crippen LogP contribution is -2.42. The fraction of sp³-hybridized carbons (Fsp3) is 0.333. The first kappa shape index (κ1) is 26.3. The average Bonchev–Trinajstić information content (AvgIpc) is 3.17. The topological polar surface area (TPSA) is 135 Å². The van der Waals surface area contributed by atoms with Gasteiger partial charge in [0.25, 0.3) is 0 Å². The molecule has 0 radical (unpaired) electrons. The second-order valence-corrected chi connectivity index (χ2v) is 10.8. The van der Waals surface area contributed by atoms with Crippen LogP contribution in [0, 0.1) is 17.8 Å². The van der Waals surface area contributed by atoms with Crippen molar-refractivity contribution in [2.24, 2.45) is 5.92 Å². The molecule has 37 heavy (non-hydrogen) atoms. The summed E-state index contributed by atoms with van der Waals surface area (Å²) in [6.07, 6.45) is 5.04. The highest BCUT2D eigenvalue weighted by Crippen LogP contribution is 2.31. The second kappa shape index (κ2) is 11.1. The number of rotatable bonds is 11. The lowest BCUT2D eigenvalue weighted by atomic mass is 9.85. The van der Waals surface area contributed by atoms with Crippen molar-refractivity contribution in [1.82, 2.24) is 9.29 Å². The number of aliphatic carboxylic acids is 1. The number of aromatic nitrogens is 1. The molecule has 0 aliphatic heterocycles. The van der Waals surface area contributed by atoms with E-state index < -0.39 is 28.0 Å². The smallest absolute Gasteiger partial charge is 0.335 e. The first-order valence-corrected chi connectivity index (χ1v) is 13.4. The molecule has 0 bridgehead atoms. The normalized spacial score (nSPS) is 14.4. The van der Waals surface area contributed by atoms with Crippen LogP contribution in [0.15, 0.2) is 53.6 Å². The van der Waals surface area contributed by atoms with Crippen LogP contribution >= 0.6 is 0 Å². The van der Waals surface area contributed by atoms with Crippen LogP contribution in [0.4, 0.5) is 0 Å². The monoisotopic (exact) mass is 524 g/mol. The fourth-order valence-electron chi connectivity index (χ4n) is 4.33. The molecule has 1 unspecified atom stereocenters. The predicted octanol–water partition coefficient (Wildman–Crippen LogP) is 3.52. The Morgan fingerprint density at radius 1 is 1.16 bits per heavy atom. The molecule has 2 aromatic carbocycles. The molecule has 1 fully saturated rings. The zero-order valence-electron chi connectivity index (χ0n) is 20.3. The molecule has 194 valence electrons. The van der Waals surface area contributed by atoms with Crippen molar-refractivity contribution in [1.29, 1.82) is 0 Å². The highest BCUT2D eigenvalue weighted by atomic mass is 32.2. The maximum absolute atomic E-state index is 13.0. The van der Waals surface area contributed by atoms with E-state index in [4.69, 9.17) is 4.74 Å². The van der Waals surface area contributed by atoms with Crippen molar-refractivity contribution in [2.45, 2.75) is 50.1 Å². The van der Waals surface area contributed by atoms with E-state index in [-0.39, 0.29) is 23.5 Å². The SMILES string of the molecule is CC#CCOc1ccc(S(=O)(=O)NC(Cc2cn(CC3CCC3)c3ccc(C(=O)O)cc23)C(=O)O)cc1. The quantitative estimate of drug-likeness (QED) is 0.327. The summed E-state index contributed by atoms with van der Waals surface area (Å²) in [5.41, 5.74) is 1.44. The number of aromatic carboxylic acids is 1. The van der Waals surface area contributed by atoms with Gasteiger partial charge in [0.15, 0.2) is 0 Å². The highest BCUT2D eigenvalue weighted by molar-refractivity contribution is 7.89. The average molecular weight is 525 g/mol. The molecule has 0 saturated heterocycles. The summed E-state index contributed by atoms with van der Waals surface area (Å²) in [4.78, 5) is 23.6. The molecule has 3 aromatic rings. The lowest BCUT2D eigenvalue weighted by Gasteiger charge is -2.26. The zero-order chi connectivity index (χ0) is 26.6. The first-order valence-electron chi connectivity index (χ1n) is 11.9. The second-order valence-electron chi connectivity index (χ2n) is 9.04. The summed E-state index contributed by atoms with van der Waals surface area (Å²) in [5, 5.41) is 19.9. The minimum absolute atomic E-state index is 0.0785. The van der Waals surface area contributed by atoms with Crippen LogP contribution in [0.2, 0.25) is 0 Å². The number of fused-ring (bicyclic) bond motifs is 1. The van der Waals surface area contributed by atoms with E-state index in [2.05, 4.69) is 16.6 Å². The number of carbonyl (C=O) groups is 2. The van der Waals surface area contributed by atoms with Crippen LogP contribution in [-0.4, -0.2) is 47.8 Å². The molecule has 1 aliphatic rings. The molecule has 4 rings (SSSR count). The highest BCUT2D eigenvalue weighted by Gasteiger charge is 2.28. The Morgan fingerprint density at radius 3 is 2.49 bits per heavy atom. The Morgan fingerprint density at radius 2 is 1.89 bits per heavy atom. The molecular weight excluding hydrogens is 496 g/mol. The van der Waals surface area contributed by atoms with Crippen molar-refractivity contribution in [3.63, 3.8) is 0 Å². The van der Waals surface area contributed by atoms with Gasteiger partial charge in [-0.05, 0) is 73.7 Å². The maximum Gasteiger partial charge on any atom is 0.335 e. The molecular formula is C27H28N2O7S. The van der Waals surface area contributed by atoms with Gasteiger partial charge in [-0.25, -0.2) is 13.2 Å². The minimum atomic E-state index is -4.16. The number of benzene rings is 2. The number of carboxylic acid groups (broad SMARTS) is 2. The van der Waals surface area contributed by atoms with Crippen molar-refractivity contribution >= 4 is 32.9 Å². The van der Waals surface area contributed by atoms with Gasteiger partial charge in [-0.2, -0.15) is 4.72 Å². The van der Waals surface area contributed by atoms with E-state index in [1.54, 1.807) is 13.0 Å². The molecule has 1 atom stereocenters. The van der Waals surface area contributed by atoms with E-state index in [9.17, 15) is 28.2 Å². The van der Waals surface area contributed by atoms with Crippen LogP contribution in [-0.2, 0) is 27.8 Å². The zero-order valence-corrected chi connectivity index (χ0v) is 21.1. The van der Waals surface area contributed by atoms with E-state index in [1.165, 1.54) is 42.8 Å². The van der Waals surface area contributed by atoms with Crippen molar-refractivity contribution in [2.75, 3.05) is 6.61 Å². The van der Waals surface area contributed by atoms with Gasteiger partial charge in [-0.3, -0.25) is 4.79 Å². The number of hydrogen-bond donors (Lipinski definition) is 3. The van der Waals surface area contributed by atoms with Gasteiger partial charge in [-0.1, -0.05) is 12.3 Å². The van der Waals surface area contributed by atoms with E-state index >= 15 is 0 Å². The Balaban J connectivity index is 1.59. The molecule has 0 spiro atoms. The standard InChI is InChI=1S/C27H28N2O7S/c1-2-3-13-36-21-8-10-22(11-9-21)37(34,35)28-24(27(32)33)15-20-17-29(16-18-5-4-6-18)25-12-7-19(26(30)31)14-23(20)25/h7-12,14,17-18,24,28H,4-6,13,15-16H2,1H3,(H,30,31)(H,32,33). The van der Waals surface area contributed by atoms with Crippen molar-refractivity contribution in [3.05, 3.63) is 59.8 Å². The van der Waals surface area contributed by atoms with Crippen LogP contribution in [0.3, 0.4) is 0 Å². The van der Waals surface area contributed by atoms with Gasteiger partial charge >= 0.3 is 11.9 Å². The summed E-state index contributed by atoms with van der Waals surface area (Å²) in [5.74, 6) is 3.95. The number of carboxylic acids is 2. The first-order chi connectivity index (χ1) is 17.7. The summed E-state index contributed by atoms with van der Waals surface area (Å²) in [6, 6.07) is 8.91. The third-order valence-electron chi connectivity index (χ3n) is 6.53. The molecule has 1 saturated carbocycles. The number of hydrogen-bond acceptors (Lipinski definition) is 5. The van der Waals surface area contributed by atoms with E-state index in [0.717, 1.165) is 24.9 Å². The molecule has 10 heteroatoms. The molecule has 1 aromatic heterocycles. The van der Waals surface area contributed by atoms with Crippen LogP contribution in [0.5, 0.6) is 5.75 Å². The Hall–Kier alpha value is -3.81. The summed E-state index contributed by atoms with van der Waals surface area (Å²) in [6.45, 7) is 2.59. The van der Waals surface area contributed by atoms with Crippen molar-refractivity contribution < 1.29 is 33.0 Å². The van der Waals surface area contributed by atoms with Gasteiger partial charge in [0.2, 0.25) is 10.0 Å². The summed E-state index contributed by atoms with van der Waals surface area (Å²) >= 11 is 0. The van der Waals surface area contributed by atoms with Gasteiger partial charge in [0, 0.05) is 30.1 Å². The maximum atomic E-state index is 13.0. The lowest BCUT2D eigenvalue weighted by molar-refractivity contribution is -0.138. The van der Waals surface area contributed by atoms with Crippen LogP contribution in [0.1, 0.15) is 42.1 Å². The Bertz CT molecular complexity index is 1480. The van der Waals surface area contributed by atoms with Crippen LogP contribution < -0.4 is 9.46 Å².